The van der Waals surface area contributed by atoms with E-state index in [1.807, 2.05) is 25.7 Å². The van der Waals surface area contributed by atoms with Gasteiger partial charge in [-0.15, -0.1) is 0 Å². The van der Waals surface area contributed by atoms with Crippen LogP contribution in [0.5, 0.6) is 0 Å². The van der Waals surface area contributed by atoms with E-state index in [0.717, 1.165) is 13.1 Å². The first-order valence-corrected chi connectivity index (χ1v) is 6.31. The second-order valence-corrected chi connectivity index (χ2v) is 5.91. The monoisotopic (exact) mass is 227 g/mol. The van der Waals surface area contributed by atoms with E-state index >= 15 is 0 Å². The van der Waals surface area contributed by atoms with Gasteiger partial charge in [0.05, 0.1) is 0 Å². The molecule has 1 amide bonds. The molecule has 1 heterocycles. The Morgan fingerprint density at radius 2 is 2.00 bits per heavy atom. The average Bonchev–Trinajstić information content (AvgIpc) is 2.46. The van der Waals surface area contributed by atoms with Crippen molar-refractivity contribution in [1.29, 1.82) is 0 Å². The maximum Gasteiger partial charge on any atom is 0.410 e. The summed E-state index contributed by atoms with van der Waals surface area (Å²) < 4.78 is 5.38. The fourth-order valence-corrected chi connectivity index (χ4v) is 2.26. The molecule has 1 saturated heterocycles. The SMILES string of the molecule is CCCC1CN(C(=O)OC(C)(C)C)CC1C. The van der Waals surface area contributed by atoms with Crippen LogP contribution in [0.15, 0.2) is 0 Å². The Morgan fingerprint density at radius 1 is 1.38 bits per heavy atom. The maximum atomic E-state index is 11.9. The molecular weight excluding hydrogens is 202 g/mol. The van der Waals surface area contributed by atoms with Gasteiger partial charge >= 0.3 is 6.09 Å². The summed E-state index contributed by atoms with van der Waals surface area (Å²) in [5, 5.41) is 0. The molecule has 0 aromatic heterocycles. The zero-order valence-corrected chi connectivity index (χ0v) is 11.2. The van der Waals surface area contributed by atoms with Crippen molar-refractivity contribution in [2.75, 3.05) is 13.1 Å². The molecule has 1 aliphatic heterocycles. The van der Waals surface area contributed by atoms with Crippen LogP contribution in [0.3, 0.4) is 0 Å². The molecule has 1 aliphatic rings. The molecule has 0 saturated carbocycles. The molecule has 94 valence electrons. The number of likely N-dealkylation sites (tertiary alicyclic amines) is 1. The predicted octanol–water partition coefficient (Wildman–Crippen LogP) is 3.29. The Kier molecular flexibility index (Phi) is 4.22. The van der Waals surface area contributed by atoms with E-state index < -0.39 is 0 Å². The van der Waals surface area contributed by atoms with E-state index in [2.05, 4.69) is 13.8 Å². The van der Waals surface area contributed by atoms with Gasteiger partial charge < -0.3 is 9.64 Å². The van der Waals surface area contributed by atoms with E-state index in [9.17, 15) is 4.79 Å². The first-order chi connectivity index (χ1) is 7.33. The number of ether oxygens (including phenoxy) is 1. The number of hydrogen-bond acceptors (Lipinski definition) is 2. The van der Waals surface area contributed by atoms with Crippen molar-refractivity contribution in [3.63, 3.8) is 0 Å². The molecule has 3 heteroatoms. The summed E-state index contributed by atoms with van der Waals surface area (Å²) in [6.07, 6.45) is 2.25. The molecule has 16 heavy (non-hydrogen) atoms. The molecule has 0 bridgehead atoms. The van der Waals surface area contributed by atoms with Gasteiger partial charge in [-0.25, -0.2) is 4.79 Å². The van der Waals surface area contributed by atoms with Crippen molar-refractivity contribution in [1.82, 2.24) is 4.90 Å². The third-order valence-corrected chi connectivity index (χ3v) is 3.08. The molecule has 2 unspecified atom stereocenters. The topological polar surface area (TPSA) is 29.5 Å². The average molecular weight is 227 g/mol. The minimum Gasteiger partial charge on any atom is -0.444 e. The fourth-order valence-electron chi connectivity index (χ4n) is 2.26. The second kappa shape index (κ2) is 5.07. The molecule has 0 aromatic carbocycles. The zero-order chi connectivity index (χ0) is 12.3. The Bertz CT molecular complexity index is 245. The summed E-state index contributed by atoms with van der Waals surface area (Å²) in [4.78, 5) is 13.7. The number of nitrogens with zero attached hydrogens (tertiary/aromatic N) is 1. The molecule has 1 rings (SSSR count). The smallest absolute Gasteiger partial charge is 0.410 e. The van der Waals surface area contributed by atoms with Gasteiger partial charge in [0.25, 0.3) is 0 Å². The molecule has 0 radical (unpaired) electrons. The zero-order valence-electron chi connectivity index (χ0n) is 11.2. The minimum atomic E-state index is -0.386. The Balaban J connectivity index is 2.48. The number of hydrogen-bond donors (Lipinski definition) is 0. The summed E-state index contributed by atoms with van der Waals surface area (Å²) in [5.41, 5.74) is -0.386. The van der Waals surface area contributed by atoms with E-state index in [0.29, 0.717) is 11.8 Å². The lowest BCUT2D eigenvalue weighted by Crippen LogP contribution is -2.35. The molecule has 1 fully saturated rings. The summed E-state index contributed by atoms with van der Waals surface area (Å²) in [6, 6.07) is 0. The summed E-state index contributed by atoms with van der Waals surface area (Å²) in [5.74, 6) is 1.25. The van der Waals surface area contributed by atoms with Gasteiger partial charge in [0.2, 0.25) is 0 Å². The lowest BCUT2D eigenvalue weighted by Gasteiger charge is -2.24. The van der Waals surface area contributed by atoms with Crippen molar-refractivity contribution in [2.45, 2.75) is 53.1 Å². The van der Waals surface area contributed by atoms with Crippen LogP contribution in [-0.4, -0.2) is 29.7 Å². The van der Waals surface area contributed by atoms with Gasteiger partial charge in [-0.2, -0.15) is 0 Å². The van der Waals surface area contributed by atoms with E-state index in [4.69, 9.17) is 4.74 Å². The highest BCUT2D eigenvalue weighted by molar-refractivity contribution is 5.68. The van der Waals surface area contributed by atoms with Gasteiger partial charge in [-0.1, -0.05) is 20.3 Å². The van der Waals surface area contributed by atoms with Gasteiger partial charge in [-0.3, -0.25) is 0 Å². The Hall–Kier alpha value is -0.730. The number of rotatable bonds is 2. The van der Waals surface area contributed by atoms with E-state index in [1.54, 1.807) is 0 Å². The Labute approximate surface area is 99.1 Å². The van der Waals surface area contributed by atoms with Crippen molar-refractivity contribution < 1.29 is 9.53 Å². The van der Waals surface area contributed by atoms with Crippen LogP contribution in [0.1, 0.15) is 47.5 Å². The lowest BCUT2D eigenvalue weighted by atomic mass is 9.94. The van der Waals surface area contributed by atoms with Gasteiger partial charge in [-0.05, 0) is 39.0 Å². The minimum absolute atomic E-state index is 0.155. The third kappa shape index (κ3) is 3.69. The summed E-state index contributed by atoms with van der Waals surface area (Å²) >= 11 is 0. The van der Waals surface area contributed by atoms with Crippen LogP contribution >= 0.6 is 0 Å². The highest BCUT2D eigenvalue weighted by atomic mass is 16.6. The van der Waals surface area contributed by atoms with Crippen molar-refractivity contribution in [2.24, 2.45) is 11.8 Å². The normalized spacial score (nSPS) is 25.9. The van der Waals surface area contributed by atoms with E-state index in [-0.39, 0.29) is 11.7 Å². The molecule has 0 aliphatic carbocycles. The molecule has 0 aromatic rings. The van der Waals surface area contributed by atoms with Gasteiger partial charge in [0.15, 0.2) is 0 Å². The van der Waals surface area contributed by atoms with Crippen molar-refractivity contribution in [3.05, 3.63) is 0 Å². The number of carbonyl (C=O) groups excluding carboxylic acids is 1. The predicted molar refractivity (Wildman–Crippen MR) is 65.4 cm³/mol. The third-order valence-electron chi connectivity index (χ3n) is 3.08. The van der Waals surface area contributed by atoms with Crippen LogP contribution in [0.4, 0.5) is 4.79 Å². The summed E-state index contributed by atoms with van der Waals surface area (Å²) in [6.45, 7) is 11.9. The van der Waals surface area contributed by atoms with Crippen LogP contribution in [-0.2, 0) is 4.74 Å². The largest absolute Gasteiger partial charge is 0.444 e. The van der Waals surface area contributed by atoms with Crippen molar-refractivity contribution in [3.8, 4) is 0 Å². The standard InChI is InChI=1S/C13H25NO2/c1-6-7-11-9-14(8-10(11)2)12(15)16-13(3,4)5/h10-11H,6-9H2,1-5H3. The van der Waals surface area contributed by atoms with E-state index in [1.165, 1.54) is 12.8 Å². The lowest BCUT2D eigenvalue weighted by molar-refractivity contribution is 0.0284. The molecular formula is C13H25NO2. The maximum absolute atomic E-state index is 11.9. The quantitative estimate of drug-likeness (QED) is 0.724. The highest BCUT2D eigenvalue weighted by Crippen LogP contribution is 2.27. The van der Waals surface area contributed by atoms with Gasteiger partial charge in [0.1, 0.15) is 5.60 Å². The molecule has 2 atom stereocenters. The Morgan fingerprint density at radius 3 is 2.50 bits per heavy atom. The number of carbonyl (C=O) groups is 1. The van der Waals surface area contributed by atoms with Crippen molar-refractivity contribution >= 4 is 6.09 Å². The first kappa shape index (κ1) is 13.3. The second-order valence-electron chi connectivity index (χ2n) is 5.91. The van der Waals surface area contributed by atoms with Crippen LogP contribution < -0.4 is 0 Å². The highest BCUT2D eigenvalue weighted by Gasteiger charge is 2.33. The van der Waals surface area contributed by atoms with Crippen LogP contribution in [0.25, 0.3) is 0 Å². The van der Waals surface area contributed by atoms with Crippen LogP contribution in [0, 0.1) is 11.8 Å². The molecule has 3 nitrogen and oxygen atoms in total. The fraction of sp³-hybridized carbons (Fsp3) is 0.923. The molecule has 0 spiro atoms. The van der Waals surface area contributed by atoms with Gasteiger partial charge in [0, 0.05) is 13.1 Å². The number of amides is 1. The van der Waals surface area contributed by atoms with Crippen LogP contribution in [0.2, 0.25) is 0 Å². The molecule has 0 N–H and O–H groups in total. The summed E-state index contributed by atoms with van der Waals surface area (Å²) in [7, 11) is 0. The first-order valence-electron chi connectivity index (χ1n) is 6.31.